The van der Waals surface area contributed by atoms with Crippen LogP contribution in [-0.2, 0) is 10.0 Å². The third-order valence-electron chi connectivity index (χ3n) is 3.73. The summed E-state index contributed by atoms with van der Waals surface area (Å²) >= 11 is 0. The number of rotatable bonds is 6. The first-order valence-electron chi connectivity index (χ1n) is 6.83. The molecule has 17 heavy (non-hydrogen) atoms. The second kappa shape index (κ2) is 5.67. The van der Waals surface area contributed by atoms with Crippen molar-refractivity contribution >= 4 is 10.0 Å². The zero-order valence-corrected chi connectivity index (χ0v) is 11.5. The first-order valence-corrected chi connectivity index (χ1v) is 8.44. The monoisotopic (exact) mass is 260 g/mol. The second-order valence-corrected chi connectivity index (χ2v) is 7.33. The molecule has 1 atom stereocenters. The fourth-order valence-electron chi connectivity index (χ4n) is 2.45. The van der Waals surface area contributed by atoms with Crippen LogP contribution in [0.2, 0.25) is 0 Å². The van der Waals surface area contributed by atoms with Crippen LogP contribution >= 0.6 is 0 Å². The average Bonchev–Trinajstić information content (AvgIpc) is 3.10. The summed E-state index contributed by atoms with van der Waals surface area (Å²) in [5.41, 5.74) is 0. The van der Waals surface area contributed by atoms with Gasteiger partial charge in [-0.1, -0.05) is 13.3 Å². The van der Waals surface area contributed by atoms with Gasteiger partial charge in [0, 0.05) is 19.1 Å². The minimum Gasteiger partial charge on any atom is -0.313 e. The number of hydrogen-bond acceptors (Lipinski definition) is 3. The van der Waals surface area contributed by atoms with Crippen LogP contribution in [0, 0.1) is 5.92 Å². The van der Waals surface area contributed by atoms with Gasteiger partial charge in [0.05, 0.1) is 5.75 Å². The molecule has 4 nitrogen and oxygen atoms in total. The van der Waals surface area contributed by atoms with Crippen molar-refractivity contribution in [3.05, 3.63) is 0 Å². The maximum Gasteiger partial charge on any atom is 0.215 e. The second-order valence-electron chi connectivity index (χ2n) is 5.32. The predicted octanol–water partition coefficient (Wildman–Crippen LogP) is 1.19. The smallest absolute Gasteiger partial charge is 0.215 e. The van der Waals surface area contributed by atoms with E-state index in [0.717, 1.165) is 25.9 Å². The minimum atomic E-state index is -3.06. The van der Waals surface area contributed by atoms with Crippen molar-refractivity contribution in [3.8, 4) is 0 Å². The van der Waals surface area contributed by atoms with E-state index in [4.69, 9.17) is 0 Å². The molecule has 0 amide bonds. The largest absolute Gasteiger partial charge is 0.313 e. The van der Waals surface area contributed by atoms with Gasteiger partial charge in [-0.25, -0.2) is 12.7 Å². The normalized spacial score (nSPS) is 26.4. The lowest BCUT2D eigenvalue weighted by Crippen LogP contribution is -2.44. The number of sulfonamides is 1. The summed E-state index contributed by atoms with van der Waals surface area (Å²) < 4.78 is 26.2. The Bertz CT molecular complexity index is 332. The van der Waals surface area contributed by atoms with Gasteiger partial charge in [-0.05, 0) is 38.1 Å². The highest BCUT2D eigenvalue weighted by Gasteiger charge is 2.31. The molecule has 1 saturated heterocycles. The van der Waals surface area contributed by atoms with E-state index in [1.807, 2.05) is 6.92 Å². The zero-order chi connectivity index (χ0) is 12.3. The van der Waals surface area contributed by atoms with Gasteiger partial charge in [0.2, 0.25) is 10.0 Å². The molecule has 0 bridgehead atoms. The SMILES string of the molecule is CCN(CC1CC1)S(=O)(=O)CC1CCCCN1. The minimum absolute atomic E-state index is 0.169. The zero-order valence-electron chi connectivity index (χ0n) is 10.7. The molecule has 2 fully saturated rings. The molecule has 0 radical (unpaired) electrons. The maximum absolute atomic E-state index is 12.3. The van der Waals surface area contributed by atoms with E-state index in [-0.39, 0.29) is 11.8 Å². The molecule has 1 aliphatic carbocycles. The van der Waals surface area contributed by atoms with E-state index in [1.165, 1.54) is 19.3 Å². The molecular weight excluding hydrogens is 236 g/mol. The van der Waals surface area contributed by atoms with Gasteiger partial charge < -0.3 is 5.32 Å². The Morgan fingerprint density at radius 3 is 2.53 bits per heavy atom. The summed E-state index contributed by atoms with van der Waals surface area (Å²) in [6.45, 7) is 4.26. The van der Waals surface area contributed by atoms with Gasteiger partial charge in [-0.2, -0.15) is 0 Å². The number of hydrogen-bond donors (Lipinski definition) is 1. The molecule has 1 aliphatic heterocycles. The fraction of sp³-hybridized carbons (Fsp3) is 1.00. The quantitative estimate of drug-likeness (QED) is 0.780. The van der Waals surface area contributed by atoms with Gasteiger partial charge in [-0.15, -0.1) is 0 Å². The van der Waals surface area contributed by atoms with Crippen molar-refractivity contribution in [1.29, 1.82) is 0 Å². The van der Waals surface area contributed by atoms with Crippen LogP contribution in [0.4, 0.5) is 0 Å². The third-order valence-corrected chi connectivity index (χ3v) is 5.75. The van der Waals surface area contributed by atoms with Gasteiger partial charge in [0.25, 0.3) is 0 Å². The maximum atomic E-state index is 12.3. The van der Waals surface area contributed by atoms with E-state index in [0.29, 0.717) is 12.5 Å². The van der Waals surface area contributed by atoms with Crippen LogP contribution in [0.15, 0.2) is 0 Å². The molecule has 0 aromatic rings. The highest BCUT2D eigenvalue weighted by molar-refractivity contribution is 7.89. The Kier molecular flexibility index (Phi) is 4.44. The van der Waals surface area contributed by atoms with Crippen molar-refractivity contribution in [2.45, 2.75) is 45.1 Å². The van der Waals surface area contributed by atoms with Crippen LogP contribution in [-0.4, -0.2) is 44.2 Å². The van der Waals surface area contributed by atoms with Crippen LogP contribution < -0.4 is 5.32 Å². The van der Waals surface area contributed by atoms with Crippen LogP contribution in [0.25, 0.3) is 0 Å². The summed E-state index contributed by atoms with van der Waals surface area (Å²) in [5, 5.41) is 3.32. The Balaban J connectivity index is 1.90. The number of nitrogens with one attached hydrogen (secondary N) is 1. The predicted molar refractivity (Wildman–Crippen MR) is 69.4 cm³/mol. The van der Waals surface area contributed by atoms with Crippen LogP contribution in [0.3, 0.4) is 0 Å². The first kappa shape index (κ1) is 13.3. The molecule has 5 heteroatoms. The third kappa shape index (κ3) is 3.93. The summed E-state index contributed by atoms with van der Waals surface area (Å²) in [6, 6.07) is 0.169. The topological polar surface area (TPSA) is 49.4 Å². The van der Waals surface area contributed by atoms with Crippen molar-refractivity contribution in [3.63, 3.8) is 0 Å². The Morgan fingerprint density at radius 1 is 1.24 bits per heavy atom. The van der Waals surface area contributed by atoms with E-state index in [1.54, 1.807) is 4.31 Å². The van der Waals surface area contributed by atoms with E-state index < -0.39 is 10.0 Å². The van der Waals surface area contributed by atoms with Crippen molar-refractivity contribution in [2.75, 3.05) is 25.4 Å². The molecule has 0 aromatic heterocycles. The molecule has 100 valence electrons. The van der Waals surface area contributed by atoms with Gasteiger partial charge in [-0.3, -0.25) is 0 Å². The lowest BCUT2D eigenvalue weighted by atomic mass is 10.1. The Morgan fingerprint density at radius 2 is 2.00 bits per heavy atom. The first-order chi connectivity index (χ1) is 8.12. The molecule has 2 rings (SSSR count). The van der Waals surface area contributed by atoms with Crippen LogP contribution in [0.5, 0.6) is 0 Å². The highest BCUT2D eigenvalue weighted by Crippen LogP contribution is 2.30. The summed E-state index contributed by atoms with van der Waals surface area (Å²) in [4.78, 5) is 0. The van der Waals surface area contributed by atoms with Crippen molar-refractivity contribution in [2.24, 2.45) is 5.92 Å². The highest BCUT2D eigenvalue weighted by atomic mass is 32.2. The lowest BCUT2D eigenvalue weighted by molar-refractivity contribution is 0.388. The lowest BCUT2D eigenvalue weighted by Gasteiger charge is -2.27. The average molecular weight is 260 g/mol. The Labute approximate surface area is 105 Å². The number of piperidine rings is 1. The fourth-order valence-corrected chi connectivity index (χ4v) is 4.29. The van der Waals surface area contributed by atoms with E-state index in [9.17, 15) is 8.42 Å². The molecule has 1 N–H and O–H groups in total. The Hall–Kier alpha value is -0.130. The van der Waals surface area contributed by atoms with E-state index in [2.05, 4.69) is 5.32 Å². The molecular formula is C12H24N2O2S. The van der Waals surface area contributed by atoms with Crippen LogP contribution in [0.1, 0.15) is 39.0 Å². The molecule has 1 unspecified atom stereocenters. The number of nitrogens with zero attached hydrogens (tertiary/aromatic N) is 1. The van der Waals surface area contributed by atoms with Crippen molar-refractivity contribution in [1.82, 2.24) is 9.62 Å². The summed E-state index contributed by atoms with van der Waals surface area (Å²) in [5.74, 6) is 0.914. The molecule has 2 aliphatic rings. The molecule has 1 heterocycles. The summed E-state index contributed by atoms with van der Waals surface area (Å²) in [7, 11) is -3.06. The van der Waals surface area contributed by atoms with Gasteiger partial charge in [0.1, 0.15) is 0 Å². The molecule has 1 saturated carbocycles. The summed E-state index contributed by atoms with van der Waals surface area (Å²) in [6.07, 6.45) is 5.74. The van der Waals surface area contributed by atoms with Crippen molar-refractivity contribution < 1.29 is 8.42 Å². The standard InChI is InChI=1S/C12H24N2O2S/c1-2-14(9-11-6-7-11)17(15,16)10-12-5-3-4-8-13-12/h11-13H,2-10H2,1H3. The molecule has 0 aromatic carbocycles. The molecule has 0 spiro atoms. The van der Waals surface area contributed by atoms with Gasteiger partial charge >= 0.3 is 0 Å². The van der Waals surface area contributed by atoms with E-state index >= 15 is 0 Å². The van der Waals surface area contributed by atoms with Gasteiger partial charge in [0.15, 0.2) is 0 Å².